The van der Waals surface area contributed by atoms with Crippen molar-refractivity contribution in [3.05, 3.63) is 64.5 Å². The first-order valence-corrected chi connectivity index (χ1v) is 7.48. The van der Waals surface area contributed by atoms with Crippen LogP contribution in [0.5, 0.6) is 0 Å². The minimum atomic E-state index is -0.248. The largest absolute Gasteiger partial charge is 0.384 e. The highest BCUT2D eigenvalue weighted by Crippen LogP contribution is 2.23. The van der Waals surface area contributed by atoms with Crippen LogP contribution in [0.2, 0.25) is 0 Å². The standard InChI is InChI=1S/C18H19FN2O/c1-11-3-4-13(10-16(11)19)12(2)21-18(22)15-5-6-17-14(9-15)7-8-20-17/h3-6,9-10,12,20H,7-8H2,1-2H3,(H,21,22). The topological polar surface area (TPSA) is 41.1 Å². The number of fused-ring (bicyclic) bond motifs is 1. The van der Waals surface area contributed by atoms with E-state index < -0.39 is 0 Å². The Labute approximate surface area is 129 Å². The van der Waals surface area contributed by atoms with Crippen molar-refractivity contribution in [2.45, 2.75) is 26.3 Å². The lowest BCUT2D eigenvalue weighted by molar-refractivity contribution is 0.0939. The summed E-state index contributed by atoms with van der Waals surface area (Å²) in [5, 5.41) is 6.20. The molecule has 1 unspecified atom stereocenters. The number of rotatable bonds is 3. The third-order valence-corrected chi connectivity index (χ3v) is 4.12. The highest BCUT2D eigenvalue weighted by atomic mass is 19.1. The van der Waals surface area contributed by atoms with Crippen LogP contribution in [-0.2, 0) is 6.42 Å². The van der Waals surface area contributed by atoms with E-state index in [1.54, 1.807) is 13.0 Å². The minimum absolute atomic E-state index is 0.136. The van der Waals surface area contributed by atoms with Gasteiger partial charge < -0.3 is 10.6 Å². The van der Waals surface area contributed by atoms with Gasteiger partial charge in [0.2, 0.25) is 0 Å². The first-order valence-electron chi connectivity index (χ1n) is 7.48. The van der Waals surface area contributed by atoms with Gasteiger partial charge >= 0.3 is 0 Å². The van der Waals surface area contributed by atoms with Crippen molar-refractivity contribution in [2.75, 3.05) is 11.9 Å². The number of hydrogen-bond donors (Lipinski definition) is 2. The second-order valence-electron chi connectivity index (χ2n) is 5.75. The normalized spacial score (nSPS) is 14.1. The van der Waals surface area contributed by atoms with Crippen LogP contribution in [0.1, 0.15) is 40.0 Å². The predicted octanol–water partition coefficient (Wildman–Crippen LogP) is 3.59. The number of benzene rings is 2. The molecule has 0 bridgehead atoms. The molecular weight excluding hydrogens is 279 g/mol. The lowest BCUT2D eigenvalue weighted by atomic mass is 10.0. The molecule has 1 atom stereocenters. The maximum Gasteiger partial charge on any atom is 0.251 e. The molecule has 0 saturated heterocycles. The Morgan fingerprint density at radius 1 is 1.27 bits per heavy atom. The molecule has 3 rings (SSSR count). The van der Waals surface area contributed by atoms with Gasteiger partial charge in [0.15, 0.2) is 0 Å². The molecule has 2 N–H and O–H groups in total. The summed E-state index contributed by atoms with van der Waals surface area (Å²) in [7, 11) is 0. The number of nitrogens with one attached hydrogen (secondary N) is 2. The van der Waals surface area contributed by atoms with E-state index >= 15 is 0 Å². The average molecular weight is 298 g/mol. The van der Waals surface area contributed by atoms with E-state index in [0.29, 0.717) is 11.1 Å². The Hall–Kier alpha value is -2.36. The van der Waals surface area contributed by atoms with Crippen molar-refractivity contribution >= 4 is 11.6 Å². The van der Waals surface area contributed by atoms with Gasteiger partial charge in [0, 0.05) is 17.8 Å². The number of amides is 1. The quantitative estimate of drug-likeness (QED) is 0.909. The summed E-state index contributed by atoms with van der Waals surface area (Å²) >= 11 is 0. The van der Waals surface area contributed by atoms with Crippen LogP contribution in [-0.4, -0.2) is 12.5 Å². The summed E-state index contributed by atoms with van der Waals surface area (Å²) in [4.78, 5) is 12.4. The summed E-state index contributed by atoms with van der Waals surface area (Å²) in [5.41, 5.74) is 4.28. The van der Waals surface area contributed by atoms with Crippen molar-refractivity contribution in [1.82, 2.24) is 5.32 Å². The third-order valence-electron chi connectivity index (χ3n) is 4.12. The lowest BCUT2D eigenvalue weighted by Gasteiger charge is -2.15. The Morgan fingerprint density at radius 3 is 2.86 bits per heavy atom. The molecule has 0 fully saturated rings. The number of carbonyl (C=O) groups is 1. The van der Waals surface area contributed by atoms with Gasteiger partial charge in [-0.15, -0.1) is 0 Å². The van der Waals surface area contributed by atoms with Crippen molar-refractivity contribution in [3.8, 4) is 0 Å². The van der Waals surface area contributed by atoms with Gasteiger partial charge in [0.05, 0.1) is 6.04 Å². The van der Waals surface area contributed by atoms with Crippen molar-refractivity contribution in [3.63, 3.8) is 0 Å². The summed E-state index contributed by atoms with van der Waals surface area (Å²) in [6, 6.07) is 10.5. The van der Waals surface area contributed by atoms with Gasteiger partial charge in [0.1, 0.15) is 5.82 Å². The second kappa shape index (κ2) is 5.79. The summed E-state index contributed by atoms with van der Waals surface area (Å²) in [6.07, 6.45) is 0.940. The second-order valence-corrected chi connectivity index (χ2v) is 5.75. The van der Waals surface area contributed by atoms with Gasteiger partial charge in [-0.25, -0.2) is 4.39 Å². The van der Waals surface area contributed by atoms with E-state index in [9.17, 15) is 9.18 Å². The fraction of sp³-hybridized carbons (Fsp3) is 0.278. The molecule has 0 saturated carbocycles. The van der Waals surface area contributed by atoms with E-state index in [0.717, 1.165) is 24.2 Å². The zero-order chi connectivity index (χ0) is 15.7. The van der Waals surface area contributed by atoms with Crippen LogP contribution in [0, 0.1) is 12.7 Å². The minimum Gasteiger partial charge on any atom is -0.384 e. The van der Waals surface area contributed by atoms with Gasteiger partial charge in [-0.1, -0.05) is 12.1 Å². The monoisotopic (exact) mass is 298 g/mol. The number of carbonyl (C=O) groups excluding carboxylic acids is 1. The van der Waals surface area contributed by atoms with E-state index in [4.69, 9.17) is 0 Å². The maximum atomic E-state index is 13.6. The van der Waals surface area contributed by atoms with Gasteiger partial charge in [0.25, 0.3) is 5.91 Å². The SMILES string of the molecule is Cc1ccc(C(C)NC(=O)c2ccc3c(c2)CCN3)cc1F. The first kappa shape index (κ1) is 14.6. The Morgan fingerprint density at radius 2 is 2.09 bits per heavy atom. The molecular formula is C18H19FN2O. The summed E-state index contributed by atoms with van der Waals surface area (Å²) in [6.45, 7) is 4.50. The zero-order valence-electron chi connectivity index (χ0n) is 12.7. The van der Waals surface area contributed by atoms with Crippen LogP contribution in [0.25, 0.3) is 0 Å². The molecule has 4 heteroatoms. The molecule has 1 aliphatic heterocycles. The van der Waals surface area contributed by atoms with Crippen molar-refractivity contribution in [1.29, 1.82) is 0 Å². The molecule has 1 amide bonds. The Balaban J connectivity index is 1.74. The maximum absolute atomic E-state index is 13.6. The number of aryl methyl sites for hydroxylation is 1. The summed E-state index contributed by atoms with van der Waals surface area (Å²) < 4.78 is 13.6. The third kappa shape index (κ3) is 2.82. The number of anilines is 1. The highest BCUT2D eigenvalue weighted by Gasteiger charge is 2.16. The molecule has 2 aromatic rings. The van der Waals surface area contributed by atoms with Crippen molar-refractivity contribution in [2.24, 2.45) is 0 Å². The van der Waals surface area contributed by atoms with Gasteiger partial charge in [-0.05, 0) is 61.2 Å². The highest BCUT2D eigenvalue weighted by molar-refractivity contribution is 5.95. The molecule has 0 spiro atoms. The molecule has 22 heavy (non-hydrogen) atoms. The molecule has 0 aromatic heterocycles. The predicted molar refractivity (Wildman–Crippen MR) is 85.7 cm³/mol. The van der Waals surface area contributed by atoms with E-state index in [1.165, 1.54) is 11.6 Å². The molecule has 114 valence electrons. The van der Waals surface area contributed by atoms with E-state index in [-0.39, 0.29) is 17.8 Å². The molecule has 1 aliphatic rings. The smallest absolute Gasteiger partial charge is 0.251 e. The fourth-order valence-corrected chi connectivity index (χ4v) is 2.69. The Kier molecular flexibility index (Phi) is 3.84. The van der Waals surface area contributed by atoms with Gasteiger partial charge in [-0.2, -0.15) is 0 Å². The van der Waals surface area contributed by atoms with Gasteiger partial charge in [-0.3, -0.25) is 4.79 Å². The fourth-order valence-electron chi connectivity index (χ4n) is 2.69. The van der Waals surface area contributed by atoms with Crippen LogP contribution in [0.15, 0.2) is 36.4 Å². The summed E-state index contributed by atoms with van der Waals surface area (Å²) in [5.74, 6) is -0.384. The van der Waals surface area contributed by atoms with E-state index in [1.807, 2.05) is 31.2 Å². The van der Waals surface area contributed by atoms with Crippen LogP contribution in [0.4, 0.5) is 10.1 Å². The van der Waals surface area contributed by atoms with Crippen molar-refractivity contribution < 1.29 is 9.18 Å². The number of hydrogen-bond acceptors (Lipinski definition) is 2. The molecule has 2 aromatic carbocycles. The number of halogens is 1. The molecule has 0 aliphatic carbocycles. The zero-order valence-corrected chi connectivity index (χ0v) is 12.7. The average Bonchev–Trinajstić information content (AvgIpc) is 2.97. The first-order chi connectivity index (χ1) is 10.5. The van der Waals surface area contributed by atoms with Crippen LogP contribution in [0.3, 0.4) is 0 Å². The lowest BCUT2D eigenvalue weighted by Crippen LogP contribution is -2.26. The molecule has 0 radical (unpaired) electrons. The van der Waals surface area contributed by atoms with E-state index in [2.05, 4.69) is 10.6 Å². The molecule has 1 heterocycles. The van der Waals surface area contributed by atoms with Crippen LogP contribution >= 0.6 is 0 Å². The Bertz CT molecular complexity index is 727. The molecule has 3 nitrogen and oxygen atoms in total. The van der Waals surface area contributed by atoms with Crippen LogP contribution < -0.4 is 10.6 Å².